The topological polar surface area (TPSA) is 77.2 Å². The first-order valence-electron chi connectivity index (χ1n) is 5.81. The Labute approximate surface area is 119 Å². The maximum atomic E-state index is 10.5. The average Bonchev–Trinajstić information content (AvgIpc) is 2.39. The lowest BCUT2D eigenvalue weighted by Crippen LogP contribution is -2.20. The number of carbonyl (C=O) groups excluding carboxylic acids is 1. The lowest BCUT2D eigenvalue weighted by Gasteiger charge is -2.09. The van der Waals surface area contributed by atoms with Crippen LogP contribution >= 0.6 is 15.9 Å². The lowest BCUT2D eigenvalue weighted by atomic mass is 10.1. The summed E-state index contributed by atoms with van der Waals surface area (Å²) < 4.78 is 6.11. The quantitative estimate of drug-likeness (QED) is 0.796. The summed E-state index contributed by atoms with van der Waals surface area (Å²) >= 11 is 3.51. The number of carbonyl (C=O) groups is 1. The van der Waals surface area contributed by atoms with E-state index >= 15 is 0 Å². The van der Waals surface area contributed by atoms with Gasteiger partial charge >= 0.3 is 0 Å². The van der Waals surface area contributed by atoms with E-state index in [1.54, 1.807) is 6.20 Å². The van der Waals surface area contributed by atoms with Crippen molar-refractivity contribution in [2.45, 2.75) is 0 Å². The zero-order valence-corrected chi connectivity index (χ0v) is 11.8. The maximum absolute atomic E-state index is 10.5. The molecule has 0 aliphatic rings. The van der Waals surface area contributed by atoms with E-state index in [1.165, 1.54) is 0 Å². The third-order valence-corrected chi connectivity index (χ3v) is 3.23. The van der Waals surface area contributed by atoms with Crippen molar-refractivity contribution in [3.63, 3.8) is 0 Å². The fourth-order valence-electron chi connectivity index (χ4n) is 1.72. The first-order valence-corrected chi connectivity index (χ1v) is 6.61. The van der Waals surface area contributed by atoms with Gasteiger partial charge in [0.25, 0.3) is 0 Å². The Bertz CT molecular complexity index is 589. The number of hydrogen-bond donors (Lipinski definition) is 2. The molecule has 2 rings (SSSR count). The Balaban J connectivity index is 2.01. The number of nitrogens with one attached hydrogen (secondary N) is 1. The van der Waals surface area contributed by atoms with E-state index in [0.29, 0.717) is 13.2 Å². The van der Waals surface area contributed by atoms with Gasteiger partial charge in [0.1, 0.15) is 12.4 Å². The van der Waals surface area contributed by atoms with Gasteiger partial charge in [-0.25, -0.2) is 4.98 Å². The number of amides is 1. The minimum Gasteiger partial charge on any atom is -0.370 e. The van der Waals surface area contributed by atoms with Crippen LogP contribution in [-0.2, 0) is 9.53 Å². The number of halogens is 1. The summed E-state index contributed by atoms with van der Waals surface area (Å²) in [6.07, 6.45) is 1.75. The molecular formula is C13H14BrN3O2. The van der Waals surface area contributed by atoms with Gasteiger partial charge in [0, 0.05) is 28.0 Å². The van der Waals surface area contributed by atoms with E-state index in [0.717, 1.165) is 21.1 Å². The second kappa shape index (κ2) is 6.49. The Hall–Kier alpha value is -1.66. The third kappa shape index (κ3) is 3.65. The maximum Gasteiger partial charge on any atom is 0.243 e. The van der Waals surface area contributed by atoms with Gasteiger partial charge in [-0.1, -0.05) is 28.1 Å². The van der Waals surface area contributed by atoms with Crippen molar-refractivity contribution in [3.8, 4) is 0 Å². The number of aromatic nitrogens is 1. The van der Waals surface area contributed by atoms with Crippen LogP contribution in [0.3, 0.4) is 0 Å². The van der Waals surface area contributed by atoms with Gasteiger partial charge in [-0.2, -0.15) is 0 Å². The molecule has 19 heavy (non-hydrogen) atoms. The second-order valence-electron chi connectivity index (χ2n) is 3.94. The highest BCUT2D eigenvalue weighted by Gasteiger charge is 2.04. The van der Waals surface area contributed by atoms with E-state index in [1.807, 2.05) is 24.3 Å². The van der Waals surface area contributed by atoms with Crippen molar-refractivity contribution >= 4 is 38.4 Å². The highest BCUT2D eigenvalue weighted by molar-refractivity contribution is 9.10. The number of ether oxygens (including phenoxy) is 1. The standard InChI is InChI=1S/C13H14BrN3O2/c14-11-3-1-2-10-9(11)4-5-16-13(10)17-6-7-19-8-12(15)18/h1-5H,6-8H2,(H2,15,18)(H,16,17). The predicted octanol–water partition coefficient (Wildman–Crippen LogP) is 1.91. The highest BCUT2D eigenvalue weighted by atomic mass is 79.9. The minimum absolute atomic E-state index is 0.0593. The molecule has 2 aromatic rings. The number of fused-ring (bicyclic) bond motifs is 1. The van der Waals surface area contributed by atoms with Crippen LogP contribution in [0, 0.1) is 0 Å². The van der Waals surface area contributed by atoms with E-state index in [9.17, 15) is 4.79 Å². The molecule has 1 aromatic carbocycles. The van der Waals surface area contributed by atoms with Crippen LogP contribution in [0.25, 0.3) is 10.8 Å². The molecule has 5 nitrogen and oxygen atoms in total. The monoisotopic (exact) mass is 323 g/mol. The molecule has 0 bridgehead atoms. The number of nitrogens with zero attached hydrogens (tertiary/aromatic N) is 1. The van der Waals surface area contributed by atoms with Crippen molar-refractivity contribution in [1.29, 1.82) is 0 Å². The van der Waals surface area contributed by atoms with Crippen LogP contribution in [0.15, 0.2) is 34.9 Å². The van der Waals surface area contributed by atoms with Gasteiger partial charge < -0.3 is 15.8 Å². The molecule has 3 N–H and O–H groups in total. The molecule has 0 saturated carbocycles. The van der Waals surface area contributed by atoms with Crippen molar-refractivity contribution in [2.75, 3.05) is 25.1 Å². The van der Waals surface area contributed by atoms with Crippen LogP contribution in [-0.4, -0.2) is 30.6 Å². The summed E-state index contributed by atoms with van der Waals surface area (Å²) in [7, 11) is 0. The van der Waals surface area contributed by atoms with Crippen molar-refractivity contribution < 1.29 is 9.53 Å². The molecular weight excluding hydrogens is 310 g/mol. The van der Waals surface area contributed by atoms with Gasteiger partial charge in [-0.3, -0.25) is 4.79 Å². The van der Waals surface area contributed by atoms with Crippen molar-refractivity contribution in [1.82, 2.24) is 4.98 Å². The zero-order chi connectivity index (χ0) is 13.7. The fourth-order valence-corrected chi connectivity index (χ4v) is 2.22. The van der Waals surface area contributed by atoms with Gasteiger partial charge in [-0.05, 0) is 12.1 Å². The molecule has 1 heterocycles. The Morgan fingerprint density at radius 3 is 3.00 bits per heavy atom. The van der Waals surface area contributed by atoms with Crippen LogP contribution in [0.1, 0.15) is 0 Å². The molecule has 0 saturated heterocycles. The molecule has 0 spiro atoms. The van der Waals surface area contributed by atoms with Crippen LogP contribution in [0.2, 0.25) is 0 Å². The zero-order valence-electron chi connectivity index (χ0n) is 10.2. The second-order valence-corrected chi connectivity index (χ2v) is 4.79. The number of pyridine rings is 1. The van der Waals surface area contributed by atoms with Crippen molar-refractivity contribution in [2.24, 2.45) is 5.73 Å². The molecule has 0 aliphatic heterocycles. The van der Waals surface area contributed by atoms with E-state index in [2.05, 4.69) is 26.2 Å². The van der Waals surface area contributed by atoms with Crippen LogP contribution in [0.4, 0.5) is 5.82 Å². The Morgan fingerprint density at radius 1 is 1.37 bits per heavy atom. The molecule has 0 atom stereocenters. The molecule has 0 unspecified atom stereocenters. The summed E-state index contributed by atoms with van der Waals surface area (Å²) in [5, 5.41) is 5.31. The summed E-state index contributed by atoms with van der Waals surface area (Å²) in [6.45, 7) is 0.900. The number of rotatable bonds is 6. The SMILES string of the molecule is NC(=O)COCCNc1nccc2c(Br)cccc12. The van der Waals surface area contributed by atoms with Crippen LogP contribution < -0.4 is 11.1 Å². The smallest absolute Gasteiger partial charge is 0.243 e. The third-order valence-electron chi connectivity index (χ3n) is 2.54. The molecule has 6 heteroatoms. The lowest BCUT2D eigenvalue weighted by molar-refractivity contribution is -0.122. The molecule has 0 aliphatic carbocycles. The van der Waals surface area contributed by atoms with E-state index < -0.39 is 5.91 Å². The predicted molar refractivity (Wildman–Crippen MR) is 77.9 cm³/mol. The minimum atomic E-state index is -0.466. The molecule has 0 fully saturated rings. The molecule has 1 amide bonds. The van der Waals surface area contributed by atoms with Crippen LogP contribution in [0.5, 0.6) is 0 Å². The summed E-state index contributed by atoms with van der Waals surface area (Å²) in [5.41, 5.74) is 4.97. The average molecular weight is 324 g/mol. The van der Waals surface area contributed by atoms with E-state index in [-0.39, 0.29) is 6.61 Å². The largest absolute Gasteiger partial charge is 0.370 e. The van der Waals surface area contributed by atoms with Crippen molar-refractivity contribution in [3.05, 3.63) is 34.9 Å². The molecule has 100 valence electrons. The fraction of sp³-hybridized carbons (Fsp3) is 0.231. The summed E-state index contributed by atoms with van der Waals surface area (Å²) in [6, 6.07) is 7.90. The van der Waals surface area contributed by atoms with Gasteiger partial charge in [-0.15, -0.1) is 0 Å². The molecule has 0 radical (unpaired) electrons. The summed E-state index contributed by atoms with van der Waals surface area (Å²) in [5.74, 6) is 0.327. The first-order chi connectivity index (χ1) is 9.18. The molecule has 1 aromatic heterocycles. The van der Waals surface area contributed by atoms with Gasteiger partial charge in [0.2, 0.25) is 5.91 Å². The summed E-state index contributed by atoms with van der Waals surface area (Å²) in [4.78, 5) is 14.8. The highest BCUT2D eigenvalue weighted by Crippen LogP contribution is 2.27. The van der Waals surface area contributed by atoms with Gasteiger partial charge in [0.05, 0.1) is 6.61 Å². The number of anilines is 1. The normalized spacial score (nSPS) is 10.6. The number of primary amides is 1. The Morgan fingerprint density at radius 2 is 2.21 bits per heavy atom. The Kier molecular flexibility index (Phi) is 4.70. The first kappa shape index (κ1) is 13.8. The van der Waals surface area contributed by atoms with E-state index in [4.69, 9.17) is 10.5 Å². The number of nitrogens with two attached hydrogens (primary N) is 1. The van der Waals surface area contributed by atoms with Gasteiger partial charge in [0.15, 0.2) is 0 Å². The number of benzene rings is 1. The number of hydrogen-bond acceptors (Lipinski definition) is 4.